The van der Waals surface area contributed by atoms with Gasteiger partial charge in [0.15, 0.2) is 0 Å². The topological polar surface area (TPSA) is 76.9 Å². The lowest BCUT2D eigenvalue weighted by Gasteiger charge is -2.20. The van der Waals surface area contributed by atoms with E-state index in [2.05, 4.69) is 15.6 Å². The Morgan fingerprint density at radius 3 is 2.85 bits per heavy atom. The van der Waals surface area contributed by atoms with Crippen molar-refractivity contribution < 1.29 is 9.59 Å². The molecular weight excluding hydrogens is 256 g/mol. The molecule has 0 spiro atoms. The van der Waals surface area contributed by atoms with Crippen molar-refractivity contribution in [2.75, 3.05) is 0 Å². The molecule has 0 saturated carbocycles. The third-order valence-electron chi connectivity index (χ3n) is 3.46. The zero-order valence-electron chi connectivity index (χ0n) is 11.0. The van der Waals surface area contributed by atoms with Crippen LogP contribution in [-0.2, 0) is 9.59 Å². The minimum Gasteiger partial charge on any atom is -0.295 e. The standard InChI is InChI=1S/C14H14N4O2/c1-9-4-2-3-5-10(9)11-8-18(17-16-11)12-6-7-13(19)15-14(12)20/h2-5,8,12H,6-7H2,1H3,(H,15,19,20). The number of carbonyl (C=O) groups is 2. The average molecular weight is 270 g/mol. The molecule has 0 aliphatic carbocycles. The van der Waals surface area contributed by atoms with Crippen molar-refractivity contribution in [1.29, 1.82) is 0 Å². The molecule has 1 N–H and O–H groups in total. The summed E-state index contributed by atoms with van der Waals surface area (Å²) in [4.78, 5) is 22.9. The van der Waals surface area contributed by atoms with Gasteiger partial charge in [0.05, 0.1) is 6.20 Å². The Hall–Kier alpha value is -2.50. The van der Waals surface area contributed by atoms with E-state index in [9.17, 15) is 9.59 Å². The summed E-state index contributed by atoms with van der Waals surface area (Å²) in [7, 11) is 0. The Morgan fingerprint density at radius 1 is 1.30 bits per heavy atom. The molecule has 3 rings (SSSR count). The van der Waals surface area contributed by atoms with E-state index in [-0.39, 0.29) is 11.8 Å². The lowest BCUT2D eigenvalue weighted by atomic mass is 10.1. The lowest BCUT2D eigenvalue weighted by molar-refractivity contribution is -0.136. The zero-order chi connectivity index (χ0) is 14.1. The molecule has 1 unspecified atom stereocenters. The van der Waals surface area contributed by atoms with E-state index in [1.807, 2.05) is 31.2 Å². The van der Waals surface area contributed by atoms with E-state index in [1.165, 1.54) is 4.68 Å². The van der Waals surface area contributed by atoms with Crippen LogP contribution < -0.4 is 5.32 Å². The van der Waals surface area contributed by atoms with Gasteiger partial charge in [-0.1, -0.05) is 29.5 Å². The van der Waals surface area contributed by atoms with Crippen LogP contribution in [0.15, 0.2) is 30.5 Å². The normalized spacial score (nSPS) is 18.9. The number of amides is 2. The number of hydrogen-bond donors (Lipinski definition) is 1. The first kappa shape index (κ1) is 12.5. The maximum Gasteiger partial charge on any atom is 0.251 e. The fourth-order valence-corrected chi connectivity index (χ4v) is 2.35. The van der Waals surface area contributed by atoms with Gasteiger partial charge in [0.25, 0.3) is 5.91 Å². The predicted octanol–water partition coefficient (Wildman–Crippen LogP) is 1.23. The maximum atomic E-state index is 11.8. The minimum atomic E-state index is -0.460. The molecule has 1 atom stereocenters. The van der Waals surface area contributed by atoms with E-state index in [1.54, 1.807) is 6.20 Å². The van der Waals surface area contributed by atoms with Gasteiger partial charge < -0.3 is 0 Å². The first-order valence-corrected chi connectivity index (χ1v) is 6.46. The number of benzene rings is 1. The highest BCUT2D eigenvalue weighted by Gasteiger charge is 2.29. The number of hydrogen-bond acceptors (Lipinski definition) is 4. The van der Waals surface area contributed by atoms with E-state index in [0.29, 0.717) is 12.8 Å². The largest absolute Gasteiger partial charge is 0.295 e. The first-order chi connectivity index (χ1) is 9.65. The van der Waals surface area contributed by atoms with E-state index in [0.717, 1.165) is 16.8 Å². The average Bonchev–Trinajstić information content (AvgIpc) is 2.88. The Labute approximate surface area is 115 Å². The molecule has 0 bridgehead atoms. The summed E-state index contributed by atoms with van der Waals surface area (Å²) in [6, 6.07) is 7.41. The Kier molecular flexibility index (Phi) is 3.06. The quantitative estimate of drug-likeness (QED) is 0.833. The molecule has 20 heavy (non-hydrogen) atoms. The molecule has 1 saturated heterocycles. The second-order valence-corrected chi connectivity index (χ2v) is 4.87. The molecule has 6 nitrogen and oxygen atoms in total. The van der Waals surface area contributed by atoms with Crippen LogP contribution >= 0.6 is 0 Å². The summed E-state index contributed by atoms with van der Waals surface area (Å²) >= 11 is 0. The van der Waals surface area contributed by atoms with E-state index >= 15 is 0 Å². The molecule has 1 aromatic heterocycles. The highest BCUT2D eigenvalue weighted by atomic mass is 16.2. The fourth-order valence-electron chi connectivity index (χ4n) is 2.35. The van der Waals surface area contributed by atoms with Crippen molar-refractivity contribution in [3.05, 3.63) is 36.0 Å². The van der Waals surface area contributed by atoms with Crippen molar-refractivity contribution in [2.24, 2.45) is 0 Å². The van der Waals surface area contributed by atoms with Crippen molar-refractivity contribution in [2.45, 2.75) is 25.8 Å². The van der Waals surface area contributed by atoms with Gasteiger partial charge in [-0.15, -0.1) is 5.10 Å². The predicted molar refractivity (Wildman–Crippen MR) is 71.6 cm³/mol. The van der Waals surface area contributed by atoms with Gasteiger partial charge in [-0.3, -0.25) is 14.9 Å². The van der Waals surface area contributed by atoms with Crippen LogP contribution in [0.25, 0.3) is 11.3 Å². The van der Waals surface area contributed by atoms with Gasteiger partial charge in [0.1, 0.15) is 11.7 Å². The smallest absolute Gasteiger partial charge is 0.251 e. The summed E-state index contributed by atoms with van der Waals surface area (Å²) in [5.41, 5.74) is 2.82. The summed E-state index contributed by atoms with van der Waals surface area (Å²) in [5, 5.41) is 10.5. The van der Waals surface area contributed by atoms with Gasteiger partial charge in [-0.25, -0.2) is 4.68 Å². The SMILES string of the molecule is Cc1ccccc1-c1cn(C2CCC(=O)NC2=O)nn1. The molecule has 1 aliphatic heterocycles. The molecule has 2 amide bonds. The van der Waals surface area contributed by atoms with Gasteiger partial charge >= 0.3 is 0 Å². The number of imide groups is 1. The summed E-state index contributed by atoms with van der Waals surface area (Å²) < 4.78 is 1.53. The van der Waals surface area contributed by atoms with Crippen molar-refractivity contribution in [3.8, 4) is 11.3 Å². The van der Waals surface area contributed by atoms with Crippen LogP contribution in [0.3, 0.4) is 0 Å². The molecule has 102 valence electrons. The molecule has 0 radical (unpaired) electrons. The van der Waals surface area contributed by atoms with Crippen molar-refractivity contribution >= 4 is 11.8 Å². The number of piperidine rings is 1. The van der Waals surface area contributed by atoms with E-state index < -0.39 is 6.04 Å². The van der Waals surface area contributed by atoms with Crippen LogP contribution in [0, 0.1) is 6.92 Å². The van der Waals surface area contributed by atoms with Crippen LogP contribution in [0.5, 0.6) is 0 Å². The number of aryl methyl sites for hydroxylation is 1. The number of nitrogens with one attached hydrogen (secondary N) is 1. The van der Waals surface area contributed by atoms with Gasteiger partial charge in [0.2, 0.25) is 5.91 Å². The lowest BCUT2D eigenvalue weighted by Crippen LogP contribution is -2.41. The third-order valence-corrected chi connectivity index (χ3v) is 3.46. The van der Waals surface area contributed by atoms with Crippen LogP contribution in [0.1, 0.15) is 24.4 Å². The number of nitrogens with zero attached hydrogens (tertiary/aromatic N) is 3. The van der Waals surface area contributed by atoms with Crippen LogP contribution in [0.4, 0.5) is 0 Å². The number of carbonyl (C=O) groups excluding carboxylic acids is 2. The van der Waals surface area contributed by atoms with Crippen molar-refractivity contribution in [3.63, 3.8) is 0 Å². The van der Waals surface area contributed by atoms with Crippen molar-refractivity contribution in [1.82, 2.24) is 20.3 Å². The molecule has 1 aliphatic rings. The number of aromatic nitrogens is 3. The Bertz CT molecular complexity index is 677. The summed E-state index contributed by atoms with van der Waals surface area (Å²) in [6.07, 6.45) is 2.54. The molecule has 2 heterocycles. The molecule has 6 heteroatoms. The van der Waals surface area contributed by atoms with Gasteiger partial charge in [0, 0.05) is 12.0 Å². The Morgan fingerprint density at radius 2 is 2.10 bits per heavy atom. The highest BCUT2D eigenvalue weighted by Crippen LogP contribution is 2.23. The first-order valence-electron chi connectivity index (χ1n) is 6.46. The third kappa shape index (κ3) is 2.20. The molecular formula is C14H14N4O2. The van der Waals surface area contributed by atoms with Crippen LogP contribution in [0.2, 0.25) is 0 Å². The van der Waals surface area contributed by atoms with E-state index in [4.69, 9.17) is 0 Å². The van der Waals surface area contributed by atoms with Gasteiger partial charge in [-0.2, -0.15) is 0 Å². The second-order valence-electron chi connectivity index (χ2n) is 4.87. The zero-order valence-corrected chi connectivity index (χ0v) is 11.0. The fraction of sp³-hybridized carbons (Fsp3) is 0.286. The number of rotatable bonds is 2. The molecule has 1 aromatic carbocycles. The molecule has 1 fully saturated rings. The summed E-state index contributed by atoms with van der Waals surface area (Å²) in [6.45, 7) is 2.00. The molecule has 2 aromatic rings. The summed E-state index contributed by atoms with van der Waals surface area (Å²) in [5.74, 6) is -0.548. The highest BCUT2D eigenvalue weighted by molar-refractivity contribution is 5.99. The minimum absolute atomic E-state index is 0.231. The second kappa shape index (κ2) is 4.88. The van der Waals surface area contributed by atoms with Crippen LogP contribution in [-0.4, -0.2) is 26.8 Å². The Balaban J connectivity index is 1.89. The van der Waals surface area contributed by atoms with Gasteiger partial charge in [-0.05, 0) is 18.9 Å². The maximum absolute atomic E-state index is 11.8. The monoisotopic (exact) mass is 270 g/mol.